The maximum atomic E-state index is 10.5. The van der Waals surface area contributed by atoms with E-state index in [4.69, 9.17) is 4.74 Å². The van der Waals surface area contributed by atoms with Gasteiger partial charge in [0.1, 0.15) is 6.61 Å². The minimum atomic E-state index is -0.319. The van der Waals surface area contributed by atoms with Crippen molar-refractivity contribution in [2.24, 2.45) is 0 Å². The molecular weight excluding hydrogens is 132 g/mol. The first-order valence-corrected chi connectivity index (χ1v) is 3.39. The Bertz CT molecular complexity index is 101. The van der Waals surface area contributed by atoms with Crippen LogP contribution in [0.25, 0.3) is 0 Å². The molecule has 3 heteroatoms. The maximum Gasteiger partial charge on any atom is 0.331 e. The van der Waals surface area contributed by atoms with Crippen molar-refractivity contribution in [1.82, 2.24) is 0 Å². The molecule has 0 radical (unpaired) electrons. The molecule has 0 aromatic heterocycles. The lowest BCUT2D eigenvalue weighted by molar-refractivity contribution is -0.147. The molecule has 0 unspecified atom stereocenters. The molecule has 10 heavy (non-hydrogen) atoms. The Kier molecular flexibility index (Phi) is 4.94. The van der Waals surface area contributed by atoms with Gasteiger partial charge in [-0.05, 0) is 13.3 Å². The van der Waals surface area contributed by atoms with Gasteiger partial charge in [0.15, 0.2) is 0 Å². The molecule has 0 heterocycles. The zero-order valence-corrected chi connectivity index (χ0v) is 6.72. The fourth-order valence-electron chi connectivity index (χ4n) is 0.387. The number of rotatable bonds is 4. The number of hydrogen-bond acceptors (Lipinski definition) is 3. The molecule has 60 valence electrons. The quantitative estimate of drug-likeness (QED) is 0.554. The molecule has 0 saturated carbocycles. The van der Waals surface area contributed by atoms with Gasteiger partial charge in [0.2, 0.25) is 0 Å². The number of carbonyl (C=O) groups is 1. The van der Waals surface area contributed by atoms with Gasteiger partial charge in [-0.1, -0.05) is 6.92 Å². The predicted molar refractivity (Wildman–Crippen MR) is 37.7 cm³/mol. The Labute approximate surface area is 61.3 Å². The molecule has 0 aromatic rings. The Morgan fingerprint density at radius 2 is 2.20 bits per heavy atom. The van der Waals surface area contributed by atoms with E-state index in [1.807, 2.05) is 13.8 Å². The summed E-state index contributed by atoms with van der Waals surface area (Å²) in [6.07, 6.45) is 1.05. The monoisotopic (exact) mass is 146 g/mol. The van der Waals surface area contributed by atoms with E-state index in [1.165, 1.54) is 7.11 Å². The molecular formula is C7H14O3. The van der Waals surface area contributed by atoms with Gasteiger partial charge in [-0.15, -0.1) is 0 Å². The van der Waals surface area contributed by atoms with E-state index in [-0.39, 0.29) is 18.7 Å². The SMILES string of the molecule is CC[C@@H](C)OCC(=O)OC. The third-order valence-electron chi connectivity index (χ3n) is 1.29. The third kappa shape index (κ3) is 4.32. The highest BCUT2D eigenvalue weighted by Gasteiger charge is 2.03. The second-order valence-corrected chi connectivity index (χ2v) is 2.11. The van der Waals surface area contributed by atoms with E-state index in [2.05, 4.69) is 4.74 Å². The largest absolute Gasteiger partial charge is 0.467 e. The summed E-state index contributed by atoms with van der Waals surface area (Å²) < 4.78 is 9.45. The van der Waals surface area contributed by atoms with Crippen molar-refractivity contribution in [3.8, 4) is 0 Å². The molecule has 0 N–H and O–H groups in total. The van der Waals surface area contributed by atoms with Crippen molar-refractivity contribution < 1.29 is 14.3 Å². The van der Waals surface area contributed by atoms with Gasteiger partial charge in [-0.3, -0.25) is 0 Å². The molecule has 0 saturated heterocycles. The van der Waals surface area contributed by atoms with E-state index < -0.39 is 0 Å². The fraction of sp³-hybridized carbons (Fsp3) is 0.857. The molecule has 0 aliphatic heterocycles. The zero-order chi connectivity index (χ0) is 7.98. The van der Waals surface area contributed by atoms with E-state index >= 15 is 0 Å². The molecule has 0 fully saturated rings. The highest BCUT2D eigenvalue weighted by molar-refractivity contribution is 5.70. The number of esters is 1. The second kappa shape index (κ2) is 5.23. The Hall–Kier alpha value is -0.570. The van der Waals surface area contributed by atoms with Crippen molar-refractivity contribution in [3.05, 3.63) is 0 Å². The smallest absolute Gasteiger partial charge is 0.331 e. The summed E-state index contributed by atoms with van der Waals surface area (Å²) in [7, 11) is 1.35. The Morgan fingerprint density at radius 3 is 2.60 bits per heavy atom. The fourth-order valence-corrected chi connectivity index (χ4v) is 0.387. The number of ether oxygens (including phenoxy) is 2. The summed E-state index contributed by atoms with van der Waals surface area (Å²) in [6.45, 7) is 3.98. The number of methoxy groups -OCH3 is 1. The van der Waals surface area contributed by atoms with Crippen LogP contribution in [0.3, 0.4) is 0 Å². The normalized spacial score (nSPS) is 12.7. The van der Waals surface area contributed by atoms with Crippen LogP contribution in [-0.4, -0.2) is 25.8 Å². The standard InChI is InChI=1S/C7H14O3/c1-4-6(2)10-5-7(8)9-3/h6H,4-5H2,1-3H3/t6-/m1/s1. The molecule has 0 bridgehead atoms. The van der Waals surface area contributed by atoms with Gasteiger partial charge in [0.25, 0.3) is 0 Å². The molecule has 0 rings (SSSR count). The topological polar surface area (TPSA) is 35.5 Å². The summed E-state index contributed by atoms with van der Waals surface area (Å²) in [5.41, 5.74) is 0. The molecule has 0 spiro atoms. The predicted octanol–water partition coefficient (Wildman–Crippen LogP) is 0.975. The van der Waals surface area contributed by atoms with E-state index in [0.717, 1.165) is 6.42 Å². The van der Waals surface area contributed by atoms with E-state index in [9.17, 15) is 4.79 Å². The average Bonchev–Trinajstić information content (AvgIpc) is 1.99. The second-order valence-electron chi connectivity index (χ2n) is 2.11. The summed E-state index contributed by atoms with van der Waals surface area (Å²) in [4.78, 5) is 10.5. The lowest BCUT2D eigenvalue weighted by Crippen LogP contribution is -2.15. The van der Waals surface area contributed by atoms with Crippen LogP contribution in [0, 0.1) is 0 Å². The molecule has 3 nitrogen and oxygen atoms in total. The van der Waals surface area contributed by atoms with Crippen molar-refractivity contribution >= 4 is 5.97 Å². The van der Waals surface area contributed by atoms with Crippen LogP contribution in [0.2, 0.25) is 0 Å². The van der Waals surface area contributed by atoms with Crippen LogP contribution in [0.15, 0.2) is 0 Å². The lowest BCUT2D eigenvalue weighted by Gasteiger charge is -2.07. The summed E-state index contributed by atoms with van der Waals surface area (Å²) >= 11 is 0. The molecule has 1 atom stereocenters. The molecule has 0 aliphatic rings. The van der Waals surface area contributed by atoms with Crippen LogP contribution >= 0.6 is 0 Å². The van der Waals surface area contributed by atoms with Gasteiger partial charge >= 0.3 is 5.97 Å². The van der Waals surface area contributed by atoms with Gasteiger partial charge in [0, 0.05) is 0 Å². The average molecular weight is 146 g/mol. The van der Waals surface area contributed by atoms with E-state index in [0.29, 0.717) is 0 Å². The third-order valence-corrected chi connectivity index (χ3v) is 1.29. The van der Waals surface area contributed by atoms with E-state index in [1.54, 1.807) is 0 Å². The van der Waals surface area contributed by atoms with Crippen molar-refractivity contribution in [2.75, 3.05) is 13.7 Å². The first-order chi connectivity index (χ1) is 4.70. The Morgan fingerprint density at radius 1 is 1.60 bits per heavy atom. The first-order valence-electron chi connectivity index (χ1n) is 3.39. The van der Waals surface area contributed by atoms with Crippen LogP contribution in [0.1, 0.15) is 20.3 Å². The van der Waals surface area contributed by atoms with Crippen molar-refractivity contribution in [3.63, 3.8) is 0 Å². The van der Waals surface area contributed by atoms with Crippen molar-refractivity contribution in [2.45, 2.75) is 26.4 Å². The van der Waals surface area contributed by atoms with Gasteiger partial charge < -0.3 is 9.47 Å². The highest BCUT2D eigenvalue weighted by atomic mass is 16.6. The lowest BCUT2D eigenvalue weighted by atomic mass is 10.3. The summed E-state index contributed by atoms with van der Waals surface area (Å²) in [6, 6.07) is 0. The van der Waals surface area contributed by atoms with Gasteiger partial charge in [-0.2, -0.15) is 0 Å². The first kappa shape index (κ1) is 9.43. The molecule has 0 aromatic carbocycles. The van der Waals surface area contributed by atoms with Crippen molar-refractivity contribution in [1.29, 1.82) is 0 Å². The van der Waals surface area contributed by atoms with Crippen LogP contribution in [0.5, 0.6) is 0 Å². The molecule has 0 aliphatic carbocycles. The minimum Gasteiger partial charge on any atom is -0.467 e. The Balaban J connectivity index is 3.26. The minimum absolute atomic E-state index is 0.0610. The van der Waals surface area contributed by atoms with Crippen LogP contribution in [-0.2, 0) is 14.3 Å². The van der Waals surface area contributed by atoms with Gasteiger partial charge in [-0.25, -0.2) is 4.79 Å². The highest BCUT2D eigenvalue weighted by Crippen LogP contribution is 1.94. The maximum absolute atomic E-state index is 10.5. The van der Waals surface area contributed by atoms with Crippen LogP contribution in [0.4, 0.5) is 0 Å². The number of hydrogen-bond donors (Lipinski definition) is 0. The zero-order valence-electron chi connectivity index (χ0n) is 6.72. The molecule has 0 amide bonds. The summed E-state index contributed by atoms with van der Waals surface area (Å²) in [5.74, 6) is -0.319. The summed E-state index contributed by atoms with van der Waals surface area (Å²) in [5, 5.41) is 0. The number of carbonyl (C=O) groups excluding carboxylic acids is 1. The van der Waals surface area contributed by atoms with Gasteiger partial charge in [0.05, 0.1) is 13.2 Å². The van der Waals surface area contributed by atoms with Crippen LogP contribution < -0.4 is 0 Å².